The summed E-state index contributed by atoms with van der Waals surface area (Å²) in [5, 5.41) is 16.9. The van der Waals surface area contributed by atoms with E-state index in [-0.39, 0.29) is 39.5 Å². The lowest BCUT2D eigenvalue weighted by molar-refractivity contribution is -0.140. The summed E-state index contributed by atoms with van der Waals surface area (Å²) in [4.78, 5) is 11.6. The van der Waals surface area contributed by atoms with Crippen molar-refractivity contribution in [3.63, 3.8) is 0 Å². The number of ether oxygens (including phenoxy) is 1. The third-order valence-electron chi connectivity index (χ3n) is 4.75. The van der Waals surface area contributed by atoms with Crippen LogP contribution in [0.3, 0.4) is 0 Å². The molecule has 4 aromatic rings. The van der Waals surface area contributed by atoms with Crippen LogP contribution in [0.4, 0.5) is 13.2 Å². The average molecular weight is 416 g/mol. The van der Waals surface area contributed by atoms with Gasteiger partial charge in [-0.1, -0.05) is 18.2 Å². The maximum atomic E-state index is 13.7. The second-order valence-electron chi connectivity index (χ2n) is 6.63. The number of phenolic OH excluding ortho intramolecular Hbond substituents is 1. The molecule has 0 aliphatic heterocycles. The Morgan fingerprint density at radius 1 is 1.13 bits per heavy atom. The molecule has 0 saturated heterocycles. The van der Waals surface area contributed by atoms with Crippen molar-refractivity contribution in [2.24, 2.45) is 0 Å². The molecule has 2 heterocycles. The van der Waals surface area contributed by atoms with Crippen molar-refractivity contribution in [1.82, 2.24) is 10.2 Å². The van der Waals surface area contributed by atoms with E-state index in [0.29, 0.717) is 10.9 Å². The van der Waals surface area contributed by atoms with E-state index in [1.54, 1.807) is 19.1 Å². The van der Waals surface area contributed by atoms with Gasteiger partial charge in [-0.05, 0) is 24.6 Å². The molecule has 30 heavy (non-hydrogen) atoms. The largest absolute Gasteiger partial charge is 0.507 e. The van der Waals surface area contributed by atoms with Crippen LogP contribution in [0.15, 0.2) is 51.7 Å². The van der Waals surface area contributed by atoms with Crippen molar-refractivity contribution in [2.75, 3.05) is 7.11 Å². The molecule has 0 spiro atoms. The van der Waals surface area contributed by atoms with E-state index in [9.17, 15) is 23.1 Å². The molecule has 0 aliphatic rings. The van der Waals surface area contributed by atoms with Gasteiger partial charge in [0, 0.05) is 34.2 Å². The van der Waals surface area contributed by atoms with Crippen molar-refractivity contribution in [2.45, 2.75) is 13.1 Å². The van der Waals surface area contributed by atoms with E-state index < -0.39 is 17.5 Å². The van der Waals surface area contributed by atoms with Gasteiger partial charge in [-0.3, -0.25) is 5.10 Å². The fourth-order valence-corrected chi connectivity index (χ4v) is 3.40. The molecule has 0 unspecified atom stereocenters. The van der Waals surface area contributed by atoms with E-state index in [1.165, 1.54) is 37.4 Å². The molecule has 0 bridgehead atoms. The Hall–Kier alpha value is -3.75. The van der Waals surface area contributed by atoms with E-state index in [4.69, 9.17) is 9.15 Å². The highest BCUT2D eigenvalue weighted by Gasteiger charge is 2.39. The summed E-state index contributed by atoms with van der Waals surface area (Å²) < 4.78 is 51.5. The quantitative estimate of drug-likeness (QED) is 0.464. The Morgan fingerprint density at radius 3 is 2.57 bits per heavy atom. The number of nitrogens with one attached hydrogen (secondary N) is 1. The minimum Gasteiger partial charge on any atom is -0.507 e. The van der Waals surface area contributed by atoms with Gasteiger partial charge in [0.15, 0.2) is 0 Å². The standard InChI is InChI=1S/C21H15F3N2O4/c1-10-7-17(28)30-16-9-14(27)13(8-12(10)16)19-18(20(26-25-19)21(22,23)24)11-5-3-4-6-15(11)29-2/h3-9,27H,1-2H3,(H,25,26). The SMILES string of the molecule is COc1ccccc1-c1c(-c2cc3c(C)cc(=O)oc3cc2O)n[nH]c1C(F)(F)F. The second kappa shape index (κ2) is 6.94. The summed E-state index contributed by atoms with van der Waals surface area (Å²) in [6.45, 7) is 1.66. The molecule has 154 valence electrons. The summed E-state index contributed by atoms with van der Waals surface area (Å²) in [5.74, 6) is -0.166. The molecule has 0 fully saturated rings. The molecule has 6 nitrogen and oxygen atoms in total. The molecule has 0 radical (unpaired) electrons. The summed E-state index contributed by atoms with van der Waals surface area (Å²) >= 11 is 0. The summed E-state index contributed by atoms with van der Waals surface area (Å²) in [6, 6.07) is 10.1. The first kappa shape index (κ1) is 19.6. The molecule has 2 aromatic carbocycles. The molecule has 2 N–H and O–H groups in total. The van der Waals surface area contributed by atoms with E-state index >= 15 is 0 Å². The van der Waals surface area contributed by atoms with Crippen LogP contribution in [0.25, 0.3) is 33.4 Å². The number of benzene rings is 2. The Labute approximate surface area is 167 Å². The molecule has 4 rings (SSSR count). The molecule has 0 aliphatic carbocycles. The predicted molar refractivity (Wildman–Crippen MR) is 103 cm³/mol. The summed E-state index contributed by atoms with van der Waals surface area (Å²) in [7, 11) is 1.35. The van der Waals surface area contributed by atoms with Gasteiger partial charge in [-0.25, -0.2) is 4.79 Å². The Bertz CT molecular complexity index is 1320. The van der Waals surface area contributed by atoms with Gasteiger partial charge in [0.05, 0.1) is 7.11 Å². The number of fused-ring (bicyclic) bond motifs is 1. The zero-order valence-corrected chi connectivity index (χ0v) is 15.8. The number of rotatable bonds is 3. The summed E-state index contributed by atoms with van der Waals surface area (Å²) in [6.07, 6.45) is -4.73. The molecule has 0 saturated carbocycles. The van der Waals surface area contributed by atoms with Gasteiger partial charge in [0.25, 0.3) is 0 Å². The third kappa shape index (κ3) is 3.18. The molecule has 0 amide bonds. The highest BCUT2D eigenvalue weighted by molar-refractivity contribution is 5.93. The first-order valence-corrected chi connectivity index (χ1v) is 8.77. The Balaban J connectivity index is 2.07. The van der Waals surface area contributed by atoms with Crippen molar-refractivity contribution in [3.05, 3.63) is 64.1 Å². The molecule has 9 heteroatoms. The fraction of sp³-hybridized carbons (Fsp3) is 0.143. The summed E-state index contributed by atoms with van der Waals surface area (Å²) in [5.41, 5.74) is -1.17. The Kier molecular flexibility index (Phi) is 4.53. The first-order chi connectivity index (χ1) is 14.2. The number of hydrogen-bond acceptors (Lipinski definition) is 5. The molecular weight excluding hydrogens is 401 g/mol. The number of aromatic amines is 1. The van der Waals surface area contributed by atoms with Crippen molar-refractivity contribution >= 4 is 11.0 Å². The van der Waals surface area contributed by atoms with Gasteiger partial charge in [0.2, 0.25) is 0 Å². The number of hydrogen-bond donors (Lipinski definition) is 2. The average Bonchev–Trinajstić information content (AvgIpc) is 3.12. The third-order valence-corrected chi connectivity index (χ3v) is 4.75. The van der Waals surface area contributed by atoms with Crippen molar-refractivity contribution < 1.29 is 27.4 Å². The lowest BCUT2D eigenvalue weighted by Crippen LogP contribution is -2.07. The highest BCUT2D eigenvalue weighted by Crippen LogP contribution is 2.46. The smallest absolute Gasteiger partial charge is 0.433 e. The van der Waals surface area contributed by atoms with E-state index in [2.05, 4.69) is 5.10 Å². The van der Waals surface area contributed by atoms with Crippen LogP contribution in [-0.2, 0) is 6.18 Å². The molecule has 0 atom stereocenters. The fourth-order valence-electron chi connectivity index (χ4n) is 3.40. The van der Waals surface area contributed by atoms with E-state index in [0.717, 1.165) is 0 Å². The molecular formula is C21H15F3N2O4. The van der Waals surface area contributed by atoms with Crippen LogP contribution >= 0.6 is 0 Å². The molecule has 2 aromatic heterocycles. The van der Waals surface area contributed by atoms with Crippen LogP contribution < -0.4 is 10.4 Å². The zero-order valence-electron chi connectivity index (χ0n) is 15.8. The van der Waals surface area contributed by atoms with Crippen LogP contribution in [-0.4, -0.2) is 22.4 Å². The minimum atomic E-state index is -4.73. The lowest BCUT2D eigenvalue weighted by Gasteiger charge is -2.13. The number of aromatic hydroxyl groups is 1. The maximum absolute atomic E-state index is 13.7. The zero-order chi connectivity index (χ0) is 21.6. The number of aryl methyl sites for hydroxylation is 1. The predicted octanol–water partition coefficient (Wildman–Crippen LogP) is 4.89. The minimum absolute atomic E-state index is 0.0482. The maximum Gasteiger partial charge on any atom is 0.433 e. The second-order valence-corrected chi connectivity index (χ2v) is 6.63. The van der Waals surface area contributed by atoms with Crippen LogP contribution in [0.2, 0.25) is 0 Å². The van der Waals surface area contributed by atoms with Crippen molar-refractivity contribution in [3.8, 4) is 33.9 Å². The van der Waals surface area contributed by atoms with Crippen LogP contribution in [0.5, 0.6) is 11.5 Å². The number of H-pyrrole nitrogens is 1. The number of para-hydroxylation sites is 1. The number of halogens is 3. The Morgan fingerprint density at radius 2 is 1.87 bits per heavy atom. The monoisotopic (exact) mass is 416 g/mol. The van der Waals surface area contributed by atoms with Gasteiger partial charge >= 0.3 is 11.8 Å². The van der Waals surface area contributed by atoms with Gasteiger partial charge in [-0.15, -0.1) is 0 Å². The van der Waals surface area contributed by atoms with Gasteiger partial charge in [-0.2, -0.15) is 18.3 Å². The van der Waals surface area contributed by atoms with Crippen molar-refractivity contribution in [1.29, 1.82) is 0 Å². The highest BCUT2D eigenvalue weighted by atomic mass is 19.4. The number of nitrogens with zero attached hydrogens (tertiary/aromatic N) is 1. The normalized spacial score (nSPS) is 11.8. The topological polar surface area (TPSA) is 88.3 Å². The van der Waals surface area contributed by atoms with Crippen LogP contribution in [0.1, 0.15) is 11.3 Å². The lowest BCUT2D eigenvalue weighted by atomic mass is 9.96. The number of methoxy groups -OCH3 is 1. The number of alkyl halides is 3. The number of aromatic nitrogens is 2. The van der Waals surface area contributed by atoms with Gasteiger partial charge in [0.1, 0.15) is 28.5 Å². The number of phenols is 1. The first-order valence-electron chi connectivity index (χ1n) is 8.77. The van der Waals surface area contributed by atoms with Gasteiger partial charge < -0.3 is 14.3 Å². The van der Waals surface area contributed by atoms with Crippen LogP contribution in [0, 0.1) is 6.92 Å². The van der Waals surface area contributed by atoms with E-state index in [1.807, 2.05) is 5.10 Å².